The molecule has 2 rings (SSSR count). The third-order valence-corrected chi connectivity index (χ3v) is 4.93. The van der Waals surface area contributed by atoms with Gasteiger partial charge < -0.3 is 5.32 Å². The zero-order valence-corrected chi connectivity index (χ0v) is 11.4. The third kappa shape index (κ3) is 2.92. The third-order valence-electron chi connectivity index (χ3n) is 2.00. The largest absolute Gasteiger partial charge is 0.324 e. The van der Waals surface area contributed by atoms with E-state index in [-0.39, 0.29) is 6.03 Å². The minimum absolute atomic E-state index is 0.350. The number of nitrogens with one attached hydrogen (secondary N) is 2. The van der Waals surface area contributed by atoms with E-state index in [1.165, 1.54) is 20.7 Å². The Hall–Kier alpha value is -1.75. The van der Waals surface area contributed by atoms with Gasteiger partial charge in [0.05, 0.1) is 0 Å². The van der Waals surface area contributed by atoms with Gasteiger partial charge in [0.2, 0.25) is 0 Å². The van der Waals surface area contributed by atoms with Crippen LogP contribution in [0.3, 0.4) is 0 Å². The molecule has 2 amide bonds. The summed E-state index contributed by atoms with van der Waals surface area (Å²) in [4.78, 5) is 11.7. The molecular weight excluding hydrogens is 286 g/mol. The molecule has 0 radical (unpaired) electrons. The molecule has 0 saturated carbocycles. The topological polar surface area (TPSA) is 64.9 Å². The number of nitriles is 1. The van der Waals surface area contributed by atoms with E-state index < -0.39 is 0 Å². The Bertz CT molecular complexity index is 654. The van der Waals surface area contributed by atoms with Crippen molar-refractivity contribution in [2.24, 2.45) is 0 Å². The molecule has 7 heteroatoms. The van der Waals surface area contributed by atoms with Crippen LogP contribution in [0.1, 0.15) is 5.56 Å². The van der Waals surface area contributed by atoms with Gasteiger partial charge in [-0.05, 0) is 12.1 Å². The van der Waals surface area contributed by atoms with E-state index in [4.69, 9.17) is 17.5 Å². The molecule has 1 heterocycles. The Kier molecular flexibility index (Phi) is 4.04. The Morgan fingerprint density at radius 1 is 1.22 bits per heavy atom. The van der Waals surface area contributed by atoms with Gasteiger partial charge in [-0.3, -0.25) is 5.32 Å². The van der Waals surface area contributed by atoms with Crippen LogP contribution in [0.4, 0.5) is 15.5 Å². The molecule has 0 fully saturated rings. The molecule has 0 spiro atoms. The van der Waals surface area contributed by atoms with Crippen molar-refractivity contribution >= 4 is 49.6 Å². The number of carbonyl (C=O) groups is 1. The van der Waals surface area contributed by atoms with Gasteiger partial charge in [-0.25, -0.2) is 4.79 Å². The van der Waals surface area contributed by atoms with Gasteiger partial charge >= 0.3 is 6.03 Å². The predicted octanol–water partition coefficient (Wildman–Crippen LogP) is 4.05. The molecule has 0 aliphatic rings. The molecule has 0 atom stereocenters. The lowest BCUT2D eigenvalue weighted by Crippen LogP contribution is -2.19. The van der Waals surface area contributed by atoms with Gasteiger partial charge in [0.1, 0.15) is 20.5 Å². The van der Waals surface area contributed by atoms with E-state index >= 15 is 0 Å². The number of urea groups is 1. The fourth-order valence-corrected chi connectivity index (χ4v) is 3.66. The number of benzene rings is 1. The zero-order valence-electron chi connectivity index (χ0n) is 8.97. The van der Waals surface area contributed by atoms with E-state index in [2.05, 4.69) is 10.6 Å². The first-order valence-electron chi connectivity index (χ1n) is 4.87. The number of nitrogens with zero attached hydrogens (tertiary/aromatic N) is 1. The van der Waals surface area contributed by atoms with Crippen LogP contribution in [0.25, 0.3) is 0 Å². The molecule has 18 heavy (non-hydrogen) atoms. The fraction of sp³-hybridized carbons (Fsp3) is 0. The SMILES string of the molecule is N#Cc1c(NC(=O)Nc2ccccc2)ssc1=S. The first-order valence-corrected chi connectivity index (χ1v) is 7.43. The second-order valence-electron chi connectivity index (χ2n) is 3.22. The highest BCUT2D eigenvalue weighted by Crippen LogP contribution is 2.29. The van der Waals surface area contributed by atoms with Crippen molar-refractivity contribution in [2.75, 3.05) is 10.6 Å². The molecule has 0 unspecified atom stereocenters. The fourth-order valence-electron chi connectivity index (χ4n) is 1.22. The first kappa shape index (κ1) is 12.7. The smallest absolute Gasteiger partial charge is 0.308 e. The minimum atomic E-state index is -0.387. The van der Waals surface area contributed by atoms with Crippen LogP contribution < -0.4 is 10.6 Å². The highest BCUT2D eigenvalue weighted by atomic mass is 32.9. The molecule has 0 bridgehead atoms. The summed E-state index contributed by atoms with van der Waals surface area (Å²) in [5.74, 6) is 0. The lowest BCUT2D eigenvalue weighted by molar-refractivity contribution is 0.262. The summed E-state index contributed by atoms with van der Waals surface area (Å²) in [7, 11) is 2.58. The van der Waals surface area contributed by atoms with Crippen LogP contribution >= 0.6 is 32.9 Å². The van der Waals surface area contributed by atoms with Crippen molar-refractivity contribution in [3.8, 4) is 6.07 Å². The lowest BCUT2D eigenvalue weighted by atomic mass is 10.3. The number of hydrogen-bond acceptors (Lipinski definition) is 5. The lowest BCUT2D eigenvalue weighted by Gasteiger charge is -2.05. The van der Waals surface area contributed by atoms with Gasteiger partial charge in [0.15, 0.2) is 0 Å². The molecule has 1 aromatic carbocycles. The number of hydrogen-bond donors (Lipinski definition) is 2. The maximum Gasteiger partial charge on any atom is 0.324 e. The average molecular weight is 293 g/mol. The van der Waals surface area contributed by atoms with Crippen molar-refractivity contribution in [3.63, 3.8) is 0 Å². The maximum absolute atomic E-state index is 11.7. The average Bonchev–Trinajstić information content (AvgIpc) is 2.71. The van der Waals surface area contributed by atoms with Crippen molar-refractivity contribution in [2.45, 2.75) is 0 Å². The molecule has 0 aliphatic heterocycles. The van der Waals surface area contributed by atoms with Crippen LogP contribution in [-0.4, -0.2) is 6.03 Å². The van der Waals surface area contributed by atoms with Gasteiger partial charge in [-0.1, -0.05) is 51.1 Å². The standard InChI is InChI=1S/C11H7N3OS3/c12-6-8-9(17-18-10(8)16)14-11(15)13-7-4-2-1-3-5-7/h1-5H,(H2,13,14,15). The maximum atomic E-state index is 11.7. The Morgan fingerprint density at radius 3 is 2.61 bits per heavy atom. The summed E-state index contributed by atoms with van der Waals surface area (Å²) in [5.41, 5.74) is 1.04. The molecule has 0 aliphatic carbocycles. The molecule has 0 saturated heterocycles. The van der Waals surface area contributed by atoms with Crippen LogP contribution in [0.2, 0.25) is 0 Å². The Balaban J connectivity index is 2.09. The highest BCUT2D eigenvalue weighted by molar-refractivity contribution is 7.80. The Labute approximate surface area is 116 Å². The number of amides is 2. The van der Waals surface area contributed by atoms with Crippen molar-refractivity contribution < 1.29 is 4.79 Å². The van der Waals surface area contributed by atoms with Gasteiger partial charge in [0, 0.05) is 5.69 Å². The summed E-state index contributed by atoms with van der Waals surface area (Å²) in [5, 5.41) is 14.7. The molecule has 2 N–H and O–H groups in total. The number of anilines is 2. The second-order valence-corrected chi connectivity index (χ2v) is 6.03. The normalized spacial score (nSPS) is 9.50. The zero-order chi connectivity index (χ0) is 13.0. The van der Waals surface area contributed by atoms with Gasteiger partial charge in [-0.2, -0.15) is 5.26 Å². The van der Waals surface area contributed by atoms with E-state index in [0.717, 1.165) is 0 Å². The molecule has 2 aromatic rings. The summed E-state index contributed by atoms with van der Waals surface area (Å²) in [6.07, 6.45) is 0. The van der Waals surface area contributed by atoms with Crippen LogP contribution in [0, 0.1) is 15.2 Å². The van der Waals surface area contributed by atoms with Crippen molar-refractivity contribution in [1.82, 2.24) is 0 Å². The number of carbonyl (C=O) groups excluding carboxylic acids is 1. The van der Waals surface area contributed by atoms with Crippen LogP contribution in [0.15, 0.2) is 30.3 Å². The minimum Gasteiger partial charge on any atom is -0.308 e. The molecule has 1 aromatic heterocycles. The van der Waals surface area contributed by atoms with Gasteiger partial charge in [0.25, 0.3) is 0 Å². The molecule has 4 nitrogen and oxygen atoms in total. The monoisotopic (exact) mass is 293 g/mol. The molecule has 90 valence electrons. The second kappa shape index (κ2) is 5.73. The van der Waals surface area contributed by atoms with Crippen molar-refractivity contribution in [1.29, 1.82) is 5.26 Å². The van der Waals surface area contributed by atoms with E-state index in [9.17, 15) is 4.79 Å². The number of rotatable bonds is 2. The van der Waals surface area contributed by atoms with Crippen molar-refractivity contribution in [3.05, 3.63) is 39.7 Å². The van der Waals surface area contributed by atoms with Crippen LogP contribution in [0.5, 0.6) is 0 Å². The van der Waals surface area contributed by atoms with Crippen LogP contribution in [-0.2, 0) is 0 Å². The van der Waals surface area contributed by atoms with Gasteiger partial charge in [-0.15, -0.1) is 0 Å². The number of para-hydroxylation sites is 1. The highest BCUT2D eigenvalue weighted by Gasteiger charge is 2.10. The summed E-state index contributed by atoms with van der Waals surface area (Å²) in [6.45, 7) is 0. The van der Waals surface area contributed by atoms with E-state index in [1.807, 2.05) is 24.3 Å². The Morgan fingerprint density at radius 2 is 1.94 bits per heavy atom. The summed E-state index contributed by atoms with van der Waals surface area (Å²) in [6, 6.07) is 10.7. The predicted molar refractivity (Wildman–Crippen MR) is 76.8 cm³/mol. The summed E-state index contributed by atoms with van der Waals surface area (Å²) >= 11 is 4.99. The first-order chi connectivity index (χ1) is 8.70. The quantitative estimate of drug-likeness (QED) is 0.648. The van der Waals surface area contributed by atoms with E-state index in [1.54, 1.807) is 12.1 Å². The molecular formula is C11H7N3OS3. The van der Waals surface area contributed by atoms with E-state index in [0.29, 0.717) is 20.1 Å². The summed E-state index contributed by atoms with van der Waals surface area (Å²) < 4.78 is 0.498.